The second-order valence-electron chi connectivity index (χ2n) is 4.99. The van der Waals surface area contributed by atoms with Gasteiger partial charge >= 0.3 is 0 Å². The maximum absolute atomic E-state index is 5.66. The molecule has 2 saturated heterocycles. The molecule has 2 nitrogen and oxygen atoms in total. The highest BCUT2D eigenvalue weighted by atomic mass is 16.6. The lowest BCUT2D eigenvalue weighted by Gasteiger charge is -2.25. The van der Waals surface area contributed by atoms with Gasteiger partial charge in [-0.25, -0.2) is 0 Å². The molecular weight excluding hydrogens is 152 g/mol. The van der Waals surface area contributed by atoms with Crippen LogP contribution in [0.3, 0.4) is 0 Å². The number of hydrogen-bond acceptors (Lipinski definition) is 2. The lowest BCUT2D eigenvalue weighted by molar-refractivity contribution is 0.191. The smallest absolute Gasteiger partial charge is 0.0920 e. The summed E-state index contributed by atoms with van der Waals surface area (Å²) in [6.45, 7) is 5.45. The van der Waals surface area contributed by atoms with Crippen LogP contribution in [0.1, 0.15) is 33.1 Å². The molecule has 3 rings (SSSR count). The lowest BCUT2D eigenvalue weighted by Crippen LogP contribution is -2.29. The monoisotopic (exact) mass is 168 g/mol. The fourth-order valence-corrected chi connectivity index (χ4v) is 2.55. The third-order valence-electron chi connectivity index (χ3n) is 3.99. The summed E-state index contributed by atoms with van der Waals surface area (Å²) in [4.78, 5) is 0. The van der Waals surface area contributed by atoms with Gasteiger partial charge in [0.1, 0.15) is 0 Å². The Bertz CT molecular complexity index is 222. The molecule has 1 aliphatic carbocycles. The summed E-state index contributed by atoms with van der Waals surface area (Å²) in [5.41, 5.74) is 0.495. The van der Waals surface area contributed by atoms with Crippen molar-refractivity contribution in [3.63, 3.8) is 0 Å². The molecule has 12 heavy (non-hydrogen) atoms. The molecule has 0 aromatic carbocycles. The van der Waals surface area contributed by atoms with Crippen molar-refractivity contribution in [1.29, 1.82) is 0 Å². The van der Waals surface area contributed by atoms with E-state index in [2.05, 4.69) is 13.8 Å². The maximum atomic E-state index is 5.66. The molecule has 0 bridgehead atoms. The fraction of sp³-hybridized carbons (Fsp3) is 1.00. The van der Waals surface area contributed by atoms with Crippen molar-refractivity contribution in [1.82, 2.24) is 0 Å². The SMILES string of the molecule is C[C@]1([C@@H]2CC[C@@]3(C)O[C@H]3C2)CO1. The number of rotatable bonds is 1. The molecule has 4 atom stereocenters. The van der Waals surface area contributed by atoms with E-state index in [0.29, 0.717) is 6.10 Å². The molecule has 0 N–H and O–H groups in total. The first-order chi connectivity index (χ1) is 5.62. The normalized spacial score (nSPS) is 62.5. The molecule has 1 saturated carbocycles. The maximum Gasteiger partial charge on any atom is 0.0920 e. The van der Waals surface area contributed by atoms with Gasteiger partial charge in [0.05, 0.1) is 23.9 Å². The Hall–Kier alpha value is -0.0800. The van der Waals surface area contributed by atoms with Crippen molar-refractivity contribution < 1.29 is 9.47 Å². The van der Waals surface area contributed by atoms with Crippen LogP contribution in [-0.2, 0) is 9.47 Å². The second kappa shape index (κ2) is 1.88. The average Bonchev–Trinajstić information content (AvgIpc) is 2.86. The van der Waals surface area contributed by atoms with Gasteiger partial charge in [0, 0.05) is 0 Å². The highest BCUT2D eigenvalue weighted by Crippen LogP contribution is 2.54. The van der Waals surface area contributed by atoms with Crippen LogP contribution < -0.4 is 0 Å². The molecule has 68 valence electrons. The predicted octanol–water partition coefficient (Wildman–Crippen LogP) is 1.73. The van der Waals surface area contributed by atoms with Gasteiger partial charge in [0.15, 0.2) is 0 Å². The molecule has 0 spiro atoms. The quantitative estimate of drug-likeness (QED) is 0.557. The van der Waals surface area contributed by atoms with Crippen LogP contribution in [-0.4, -0.2) is 23.9 Å². The second-order valence-corrected chi connectivity index (χ2v) is 4.99. The minimum absolute atomic E-state index is 0.229. The van der Waals surface area contributed by atoms with Crippen molar-refractivity contribution in [2.45, 2.75) is 50.4 Å². The minimum Gasteiger partial charge on any atom is -0.370 e. The Balaban J connectivity index is 1.70. The van der Waals surface area contributed by atoms with Crippen LogP contribution in [0.5, 0.6) is 0 Å². The Morgan fingerprint density at radius 2 is 2.00 bits per heavy atom. The third kappa shape index (κ3) is 0.882. The molecule has 0 radical (unpaired) electrons. The van der Waals surface area contributed by atoms with Crippen molar-refractivity contribution >= 4 is 0 Å². The third-order valence-corrected chi connectivity index (χ3v) is 3.99. The van der Waals surface area contributed by atoms with Gasteiger partial charge in [-0.15, -0.1) is 0 Å². The lowest BCUT2D eigenvalue weighted by atomic mass is 9.77. The molecule has 0 unspecified atom stereocenters. The Morgan fingerprint density at radius 1 is 1.25 bits per heavy atom. The molecule has 3 aliphatic rings. The van der Waals surface area contributed by atoms with Gasteiger partial charge in [0.2, 0.25) is 0 Å². The van der Waals surface area contributed by atoms with E-state index in [0.717, 1.165) is 12.5 Å². The van der Waals surface area contributed by atoms with E-state index >= 15 is 0 Å². The fourth-order valence-electron chi connectivity index (χ4n) is 2.55. The van der Waals surface area contributed by atoms with Crippen molar-refractivity contribution in [2.24, 2.45) is 5.92 Å². The summed E-state index contributed by atoms with van der Waals surface area (Å²) < 4.78 is 11.1. The van der Waals surface area contributed by atoms with Gasteiger partial charge in [0.25, 0.3) is 0 Å². The number of epoxide rings is 2. The Labute approximate surface area is 73.2 Å². The van der Waals surface area contributed by atoms with Crippen LogP contribution in [0.25, 0.3) is 0 Å². The van der Waals surface area contributed by atoms with Crippen LogP contribution in [0, 0.1) is 5.92 Å². The van der Waals surface area contributed by atoms with Gasteiger partial charge in [-0.2, -0.15) is 0 Å². The van der Waals surface area contributed by atoms with Crippen LogP contribution in [0.2, 0.25) is 0 Å². The van der Waals surface area contributed by atoms with E-state index in [1.54, 1.807) is 0 Å². The van der Waals surface area contributed by atoms with E-state index in [4.69, 9.17) is 9.47 Å². The van der Waals surface area contributed by atoms with Crippen molar-refractivity contribution in [2.75, 3.05) is 6.61 Å². The number of fused-ring (bicyclic) bond motifs is 1. The standard InChI is InChI=1S/C10H16O2/c1-9-4-3-7(5-8(9)12-9)10(2)6-11-10/h7-8H,3-6H2,1-2H3/t7-,8+,9-,10-/m1/s1. The highest BCUT2D eigenvalue weighted by molar-refractivity contribution is 5.08. The summed E-state index contributed by atoms with van der Waals surface area (Å²) in [6, 6.07) is 0. The summed E-state index contributed by atoms with van der Waals surface area (Å²) in [7, 11) is 0. The van der Waals surface area contributed by atoms with Gasteiger partial charge in [-0.3, -0.25) is 0 Å². The highest BCUT2D eigenvalue weighted by Gasteiger charge is 2.60. The topological polar surface area (TPSA) is 25.1 Å². The molecule has 0 amide bonds. The molecule has 0 aromatic heterocycles. The zero-order valence-electron chi connectivity index (χ0n) is 7.80. The summed E-state index contributed by atoms with van der Waals surface area (Å²) in [5, 5.41) is 0. The average molecular weight is 168 g/mol. The van der Waals surface area contributed by atoms with Gasteiger partial charge in [-0.05, 0) is 39.0 Å². The van der Waals surface area contributed by atoms with E-state index in [1.807, 2.05) is 0 Å². The number of ether oxygens (including phenoxy) is 2. The molecule has 2 aliphatic heterocycles. The molecular formula is C10H16O2. The van der Waals surface area contributed by atoms with Crippen molar-refractivity contribution in [3.05, 3.63) is 0 Å². The molecule has 2 heteroatoms. The van der Waals surface area contributed by atoms with Gasteiger partial charge in [-0.1, -0.05) is 0 Å². The Kier molecular flexibility index (Phi) is 1.15. The summed E-state index contributed by atoms with van der Waals surface area (Å²) >= 11 is 0. The first-order valence-corrected chi connectivity index (χ1v) is 4.94. The van der Waals surface area contributed by atoms with E-state index in [-0.39, 0.29) is 11.2 Å². The largest absolute Gasteiger partial charge is 0.370 e. The zero-order valence-corrected chi connectivity index (χ0v) is 7.80. The van der Waals surface area contributed by atoms with Crippen LogP contribution in [0.15, 0.2) is 0 Å². The van der Waals surface area contributed by atoms with Crippen LogP contribution >= 0.6 is 0 Å². The van der Waals surface area contributed by atoms with E-state index in [9.17, 15) is 0 Å². The predicted molar refractivity (Wildman–Crippen MR) is 45.0 cm³/mol. The number of hydrogen-bond donors (Lipinski definition) is 0. The molecule has 2 heterocycles. The van der Waals surface area contributed by atoms with Gasteiger partial charge < -0.3 is 9.47 Å². The molecule has 0 aromatic rings. The van der Waals surface area contributed by atoms with E-state index in [1.165, 1.54) is 19.3 Å². The minimum atomic E-state index is 0.229. The first kappa shape index (κ1) is 7.34. The van der Waals surface area contributed by atoms with E-state index < -0.39 is 0 Å². The van der Waals surface area contributed by atoms with Crippen LogP contribution in [0.4, 0.5) is 0 Å². The summed E-state index contributed by atoms with van der Waals surface area (Å²) in [6.07, 6.45) is 4.31. The van der Waals surface area contributed by atoms with Crippen molar-refractivity contribution in [3.8, 4) is 0 Å². The first-order valence-electron chi connectivity index (χ1n) is 4.94. The molecule has 3 fully saturated rings. The zero-order chi connectivity index (χ0) is 8.40. The Morgan fingerprint density at radius 3 is 2.58 bits per heavy atom. The summed E-state index contributed by atoms with van der Waals surface area (Å²) in [5.74, 6) is 0.762.